The van der Waals surface area contributed by atoms with Crippen molar-refractivity contribution < 1.29 is 19.2 Å². The van der Waals surface area contributed by atoms with E-state index in [9.17, 15) is 19.7 Å². The number of thiophene rings is 1. The van der Waals surface area contributed by atoms with Crippen molar-refractivity contribution >= 4 is 55.9 Å². The minimum Gasteiger partial charge on any atom is -0.465 e. The van der Waals surface area contributed by atoms with Crippen molar-refractivity contribution in [1.82, 2.24) is 0 Å². The summed E-state index contributed by atoms with van der Waals surface area (Å²) in [6.45, 7) is 0. The van der Waals surface area contributed by atoms with Gasteiger partial charge in [0.25, 0.3) is 5.69 Å². The number of methoxy groups -OCH3 is 1. The van der Waals surface area contributed by atoms with Gasteiger partial charge in [0, 0.05) is 33.6 Å². The van der Waals surface area contributed by atoms with Gasteiger partial charge < -0.3 is 10.1 Å². The topological polar surface area (TPSA) is 98.5 Å². The minimum atomic E-state index is -0.563. The van der Waals surface area contributed by atoms with E-state index in [2.05, 4.69) is 21.2 Å². The Kier molecular flexibility index (Phi) is 6.76. The quantitative estimate of drug-likeness (QED) is 0.214. The number of nitrogens with one attached hydrogen (secondary N) is 1. The summed E-state index contributed by atoms with van der Waals surface area (Å²) in [7, 11) is 1.28. The van der Waals surface area contributed by atoms with Crippen LogP contribution in [0.4, 0.5) is 10.7 Å². The van der Waals surface area contributed by atoms with Crippen molar-refractivity contribution in [1.29, 1.82) is 0 Å². The Morgan fingerprint density at radius 1 is 1.20 bits per heavy atom. The fraction of sp³-hybridized carbons (Fsp3) is 0.0476. The zero-order chi connectivity index (χ0) is 21.7. The molecule has 7 nitrogen and oxygen atoms in total. The number of nitrogens with zero attached hydrogens (tertiary/aromatic N) is 1. The molecule has 1 N–H and O–H groups in total. The Labute approximate surface area is 184 Å². The van der Waals surface area contributed by atoms with E-state index < -0.39 is 16.8 Å². The van der Waals surface area contributed by atoms with Crippen molar-refractivity contribution in [3.8, 4) is 11.1 Å². The third-order valence-corrected chi connectivity index (χ3v) is 5.50. The van der Waals surface area contributed by atoms with Crippen LogP contribution in [0.5, 0.6) is 0 Å². The van der Waals surface area contributed by atoms with Gasteiger partial charge in [-0.1, -0.05) is 40.2 Å². The van der Waals surface area contributed by atoms with Crippen LogP contribution >= 0.6 is 27.3 Å². The largest absolute Gasteiger partial charge is 0.465 e. The van der Waals surface area contributed by atoms with Gasteiger partial charge in [0.1, 0.15) is 10.6 Å². The zero-order valence-electron chi connectivity index (χ0n) is 15.6. The van der Waals surface area contributed by atoms with E-state index in [4.69, 9.17) is 4.74 Å². The molecule has 9 heteroatoms. The van der Waals surface area contributed by atoms with E-state index >= 15 is 0 Å². The summed E-state index contributed by atoms with van der Waals surface area (Å²) >= 11 is 4.58. The number of anilines is 1. The number of nitro groups is 1. The third kappa shape index (κ3) is 5.00. The van der Waals surface area contributed by atoms with E-state index in [1.165, 1.54) is 48.8 Å². The Bertz CT molecular complexity index is 1140. The van der Waals surface area contributed by atoms with Gasteiger partial charge in [-0.15, -0.1) is 11.3 Å². The summed E-state index contributed by atoms with van der Waals surface area (Å²) < 4.78 is 5.80. The van der Waals surface area contributed by atoms with Crippen LogP contribution in [0.1, 0.15) is 15.9 Å². The molecule has 3 aromatic rings. The van der Waals surface area contributed by atoms with E-state index in [1.54, 1.807) is 11.4 Å². The van der Waals surface area contributed by atoms with Crippen LogP contribution in [0, 0.1) is 10.1 Å². The second kappa shape index (κ2) is 9.47. The van der Waals surface area contributed by atoms with E-state index in [1.807, 2.05) is 24.3 Å². The lowest BCUT2D eigenvalue weighted by Gasteiger charge is -2.07. The van der Waals surface area contributed by atoms with Gasteiger partial charge in [-0.3, -0.25) is 14.9 Å². The molecule has 0 atom stereocenters. The van der Waals surface area contributed by atoms with Gasteiger partial charge in [0.2, 0.25) is 5.91 Å². The number of rotatable bonds is 6. The lowest BCUT2D eigenvalue weighted by molar-refractivity contribution is -0.384. The monoisotopic (exact) mass is 486 g/mol. The molecule has 0 aliphatic rings. The first-order valence-corrected chi connectivity index (χ1v) is 10.3. The van der Waals surface area contributed by atoms with Crippen LogP contribution in [0.3, 0.4) is 0 Å². The van der Waals surface area contributed by atoms with Crippen molar-refractivity contribution in [3.63, 3.8) is 0 Å². The molecule has 0 saturated carbocycles. The van der Waals surface area contributed by atoms with Gasteiger partial charge >= 0.3 is 5.97 Å². The molecule has 0 aliphatic heterocycles. The average molecular weight is 487 g/mol. The number of nitro benzene ring substituents is 1. The SMILES string of the molecule is COC(=O)c1c(-c2ccc(Br)cc2)csc1NC(=O)C=Cc1cccc([N+](=O)[O-])c1. The fourth-order valence-electron chi connectivity index (χ4n) is 2.66. The Balaban J connectivity index is 1.84. The van der Waals surface area contributed by atoms with E-state index in [0.29, 0.717) is 16.1 Å². The van der Waals surface area contributed by atoms with E-state index in [-0.39, 0.29) is 11.3 Å². The lowest BCUT2D eigenvalue weighted by Crippen LogP contribution is -2.11. The summed E-state index contributed by atoms with van der Waals surface area (Å²) in [4.78, 5) is 35.1. The fourth-order valence-corrected chi connectivity index (χ4v) is 3.89. The first-order valence-electron chi connectivity index (χ1n) is 8.58. The molecule has 1 amide bonds. The standard InChI is InChI=1S/C21H15BrN2O5S/c1-29-21(26)19-17(14-6-8-15(22)9-7-14)12-30-20(19)23-18(25)10-5-13-3-2-4-16(11-13)24(27)28/h2-12H,1H3,(H,23,25). The second-order valence-electron chi connectivity index (χ2n) is 6.03. The summed E-state index contributed by atoms with van der Waals surface area (Å²) in [5.74, 6) is -1.04. The van der Waals surface area contributed by atoms with Crippen LogP contribution in [-0.2, 0) is 9.53 Å². The van der Waals surface area contributed by atoms with Crippen molar-refractivity contribution in [2.75, 3.05) is 12.4 Å². The number of carbonyl (C=O) groups is 2. The highest BCUT2D eigenvalue weighted by molar-refractivity contribution is 9.10. The lowest BCUT2D eigenvalue weighted by atomic mass is 10.0. The number of hydrogen-bond donors (Lipinski definition) is 1. The highest BCUT2D eigenvalue weighted by Gasteiger charge is 2.22. The highest BCUT2D eigenvalue weighted by Crippen LogP contribution is 2.36. The smallest absolute Gasteiger partial charge is 0.341 e. The van der Waals surface area contributed by atoms with Crippen LogP contribution in [-0.4, -0.2) is 23.9 Å². The predicted octanol–water partition coefficient (Wildman–Crippen LogP) is 5.52. The molecule has 0 bridgehead atoms. The maximum Gasteiger partial charge on any atom is 0.341 e. The number of halogens is 1. The molecule has 3 rings (SSSR count). The number of amides is 1. The molecule has 152 valence electrons. The number of hydrogen-bond acceptors (Lipinski definition) is 6. The molecule has 30 heavy (non-hydrogen) atoms. The first kappa shape index (κ1) is 21.4. The normalized spacial score (nSPS) is 10.7. The maximum atomic E-state index is 12.4. The average Bonchev–Trinajstić information content (AvgIpc) is 3.15. The van der Waals surface area contributed by atoms with E-state index in [0.717, 1.165) is 10.0 Å². The Hall–Kier alpha value is -3.30. The molecule has 0 spiro atoms. The second-order valence-corrected chi connectivity index (χ2v) is 7.82. The van der Waals surface area contributed by atoms with Crippen molar-refractivity contribution in [3.05, 3.63) is 85.7 Å². The van der Waals surface area contributed by atoms with Crippen LogP contribution in [0.2, 0.25) is 0 Å². The minimum absolute atomic E-state index is 0.0667. The summed E-state index contributed by atoms with van der Waals surface area (Å²) in [6, 6.07) is 13.3. The van der Waals surface area contributed by atoms with Crippen molar-refractivity contribution in [2.24, 2.45) is 0 Å². The van der Waals surface area contributed by atoms with Crippen molar-refractivity contribution in [2.45, 2.75) is 0 Å². The van der Waals surface area contributed by atoms with Gasteiger partial charge in [-0.05, 0) is 29.3 Å². The van der Waals surface area contributed by atoms with Crippen LogP contribution in [0.15, 0.2) is 64.5 Å². The number of benzene rings is 2. The molecule has 0 saturated heterocycles. The molecule has 0 aliphatic carbocycles. The molecule has 2 aromatic carbocycles. The maximum absolute atomic E-state index is 12.4. The van der Waals surface area contributed by atoms with Crippen LogP contribution in [0.25, 0.3) is 17.2 Å². The summed E-state index contributed by atoms with van der Waals surface area (Å²) in [6.07, 6.45) is 2.71. The molecule has 1 aromatic heterocycles. The predicted molar refractivity (Wildman–Crippen MR) is 120 cm³/mol. The molecule has 0 fully saturated rings. The van der Waals surface area contributed by atoms with Gasteiger partial charge in [0.15, 0.2) is 0 Å². The Morgan fingerprint density at radius 2 is 1.93 bits per heavy atom. The molecule has 0 unspecified atom stereocenters. The number of esters is 1. The molecule has 0 radical (unpaired) electrons. The highest BCUT2D eigenvalue weighted by atomic mass is 79.9. The number of non-ortho nitro benzene ring substituents is 1. The van der Waals surface area contributed by atoms with Crippen LogP contribution < -0.4 is 5.32 Å². The first-order chi connectivity index (χ1) is 14.4. The third-order valence-electron chi connectivity index (χ3n) is 4.08. The number of ether oxygens (including phenoxy) is 1. The Morgan fingerprint density at radius 3 is 2.60 bits per heavy atom. The molecular weight excluding hydrogens is 472 g/mol. The summed E-state index contributed by atoms with van der Waals surface area (Å²) in [5, 5.41) is 15.7. The number of carbonyl (C=O) groups excluding carboxylic acids is 2. The van der Waals surface area contributed by atoms with Gasteiger partial charge in [-0.2, -0.15) is 0 Å². The molecule has 1 heterocycles. The van der Waals surface area contributed by atoms with Gasteiger partial charge in [0.05, 0.1) is 12.0 Å². The summed E-state index contributed by atoms with van der Waals surface area (Å²) in [5.41, 5.74) is 2.17. The van der Waals surface area contributed by atoms with Gasteiger partial charge in [-0.25, -0.2) is 4.79 Å². The molecular formula is C21H15BrN2O5S. The zero-order valence-corrected chi connectivity index (χ0v) is 18.0.